The van der Waals surface area contributed by atoms with Crippen molar-refractivity contribution in [3.8, 4) is 11.5 Å². The molecule has 1 aliphatic rings. The van der Waals surface area contributed by atoms with Crippen LogP contribution in [0.2, 0.25) is 0 Å². The van der Waals surface area contributed by atoms with Gasteiger partial charge in [-0.1, -0.05) is 29.8 Å². The van der Waals surface area contributed by atoms with Crippen LogP contribution < -0.4 is 0 Å². The monoisotopic (exact) mass is 376 g/mol. The molecule has 2 aromatic carbocycles. The van der Waals surface area contributed by atoms with E-state index in [1.165, 1.54) is 21.7 Å². The molecule has 5 rings (SSSR count). The van der Waals surface area contributed by atoms with Crippen molar-refractivity contribution in [2.24, 2.45) is 0 Å². The first-order valence-electron chi connectivity index (χ1n) is 9.25. The molecule has 1 saturated heterocycles. The molecule has 5 nitrogen and oxygen atoms in total. The Morgan fingerprint density at radius 1 is 1.11 bits per heavy atom. The van der Waals surface area contributed by atoms with Gasteiger partial charge in [0, 0.05) is 5.56 Å². The number of nitrogens with zero attached hydrogens (tertiary/aromatic N) is 4. The summed E-state index contributed by atoms with van der Waals surface area (Å²) in [7, 11) is 0. The fourth-order valence-corrected chi connectivity index (χ4v) is 4.77. The first-order chi connectivity index (χ1) is 13.3. The Balaban J connectivity index is 1.36. The van der Waals surface area contributed by atoms with Crippen LogP contribution in [0.3, 0.4) is 0 Å². The van der Waals surface area contributed by atoms with Gasteiger partial charge < -0.3 is 4.42 Å². The molecule has 0 bridgehead atoms. The third-order valence-electron chi connectivity index (χ3n) is 5.06. The van der Waals surface area contributed by atoms with E-state index in [9.17, 15) is 0 Å². The van der Waals surface area contributed by atoms with Crippen LogP contribution in [0.15, 0.2) is 52.9 Å². The van der Waals surface area contributed by atoms with Gasteiger partial charge >= 0.3 is 0 Å². The number of likely N-dealkylation sites (tertiary alicyclic amines) is 1. The van der Waals surface area contributed by atoms with Crippen LogP contribution in [0.25, 0.3) is 21.7 Å². The molecule has 4 aromatic rings. The normalized spacial score (nSPS) is 17.7. The van der Waals surface area contributed by atoms with Gasteiger partial charge in [0.2, 0.25) is 11.8 Å². The second kappa shape index (κ2) is 6.87. The van der Waals surface area contributed by atoms with Crippen molar-refractivity contribution < 1.29 is 4.42 Å². The number of para-hydroxylation sites is 1. The fraction of sp³-hybridized carbons (Fsp3) is 0.286. The lowest BCUT2D eigenvalue weighted by molar-refractivity contribution is 0.224. The maximum Gasteiger partial charge on any atom is 0.247 e. The van der Waals surface area contributed by atoms with Gasteiger partial charge in [0.05, 0.1) is 22.8 Å². The number of aryl methyl sites for hydroxylation is 1. The van der Waals surface area contributed by atoms with Crippen LogP contribution in [-0.2, 0) is 6.54 Å². The zero-order valence-corrected chi connectivity index (χ0v) is 15.9. The Morgan fingerprint density at radius 3 is 2.81 bits per heavy atom. The molecule has 27 heavy (non-hydrogen) atoms. The number of rotatable bonds is 4. The lowest BCUT2D eigenvalue weighted by atomic mass is 10.1. The third-order valence-corrected chi connectivity index (χ3v) is 6.20. The van der Waals surface area contributed by atoms with Gasteiger partial charge in [-0.25, -0.2) is 4.98 Å². The van der Waals surface area contributed by atoms with Crippen LogP contribution in [0.5, 0.6) is 0 Å². The molecule has 6 heteroatoms. The van der Waals surface area contributed by atoms with Crippen molar-refractivity contribution >= 4 is 21.6 Å². The topological polar surface area (TPSA) is 55.1 Å². The van der Waals surface area contributed by atoms with E-state index in [0.29, 0.717) is 24.4 Å². The standard InChI is InChI=1S/C21H20N4OS/c1-14-8-10-15(11-9-14)20-24-23-19(26-20)13-25-12-4-6-17(25)21-22-16-5-2-3-7-18(16)27-21/h2-3,5,7-11,17H,4,6,12-13H2,1H3. The van der Waals surface area contributed by atoms with E-state index in [1.54, 1.807) is 11.3 Å². The molecule has 0 amide bonds. The van der Waals surface area contributed by atoms with Crippen molar-refractivity contribution in [1.82, 2.24) is 20.1 Å². The Morgan fingerprint density at radius 2 is 1.96 bits per heavy atom. The quantitative estimate of drug-likeness (QED) is 0.502. The minimum atomic E-state index is 0.331. The van der Waals surface area contributed by atoms with E-state index in [2.05, 4.69) is 52.4 Å². The molecular formula is C21H20N4OS. The number of benzene rings is 2. The highest BCUT2D eigenvalue weighted by molar-refractivity contribution is 7.18. The zero-order chi connectivity index (χ0) is 18.2. The van der Waals surface area contributed by atoms with Gasteiger partial charge in [0.15, 0.2) is 0 Å². The van der Waals surface area contributed by atoms with Crippen LogP contribution >= 0.6 is 11.3 Å². The summed E-state index contributed by atoms with van der Waals surface area (Å²) in [6.45, 7) is 3.76. The van der Waals surface area contributed by atoms with Crippen LogP contribution in [0.1, 0.15) is 35.3 Å². The van der Waals surface area contributed by atoms with Crippen molar-refractivity contribution in [3.05, 3.63) is 65.0 Å². The highest BCUT2D eigenvalue weighted by Crippen LogP contribution is 2.37. The molecule has 136 valence electrons. The summed E-state index contributed by atoms with van der Waals surface area (Å²) in [5.41, 5.74) is 3.27. The average Bonchev–Trinajstić information content (AvgIpc) is 3.41. The maximum absolute atomic E-state index is 5.93. The van der Waals surface area contributed by atoms with Crippen molar-refractivity contribution in [2.45, 2.75) is 32.4 Å². The third kappa shape index (κ3) is 3.26. The highest BCUT2D eigenvalue weighted by atomic mass is 32.1. The summed E-state index contributed by atoms with van der Waals surface area (Å²) in [5, 5.41) is 9.70. The van der Waals surface area contributed by atoms with Crippen LogP contribution in [-0.4, -0.2) is 26.6 Å². The average molecular weight is 376 g/mol. The van der Waals surface area contributed by atoms with Gasteiger partial charge in [-0.2, -0.15) is 0 Å². The molecular weight excluding hydrogens is 356 g/mol. The molecule has 1 unspecified atom stereocenters. The second-order valence-electron chi connectivity index (χ2n) is 7.02. The minimum Gasteiger partial charge on any atom is -0.419 e. The largest absolute Gasteiger partial charge is 0.419 e. The van der Waals surface area contributed by atoms with E-state index < -0.39 is 0 Å². The van der Waals surface area contributed by atoms with Crippen molar-refractivity contribution in [2.75, 3.05) is 6.54 Å². The van der Waals surface area contributed by atoms with Crippen molar-refractivity contribution in [1.29, 1.82) is 0 Å². The van der Waals surface area contributed by atoms with Gasteiger partial charge in [-0.15, -0.1) is 21.5 Å². The maximum atomic E-state index is 5.93. The number of aromatic nitrogens is 3. The lowest BCUT2D eigenvalue weighted by Crippen LogP contribution is -2.22. The molecule has 0 aliphatic carbocycles. The Kier molecular flexibility index (Phi) is 4.22. The van der Waals surface area contributed by atoms with Gasteiger partial charge in [-0.3, -0.25) is 4.90 Å². The molecule has 1 atom stereocenters. The molecule has 0 N–H and O–H groups in total. The highest BCUT2D eigenvalue weighted by Gasteiger charge is 2.30. The van der Waals surface area contributed by atoms with E-state index in [4.69, 9.17) is 9.40 Å². The molecule has 0 radical (unpaired) electrons. The Hall–Kier alpha value is -2.57. The van der Waals surface area contributed by atoms with Crippen LogP contribution in [0.4, 0.5) is 0 Å². The van der Waals surface area contributed by atoms with E-state index in [1.807, 2.05) is 18.2 Å². The van der Waals surface area contributed by atoms with Gasteiger partial charge in [-0.05, 0) is 50.6 Å². The SMILES string of the molecule is Cc1ccc(-c2nnc(CN3CCCC3c3nc4ccccc4s3)o2)cc1. The van der Waals surface area contributed by atoms with E-state index in [-0.39, 0.29) is 0 Å². The van der Waals surface area contributed by atoms with E-state index in [0.717, 1.165) is 24.0 Å². The predicted molar refractivity (Wildman–Crippen MR) is 106 cm³/mol. The smallest absolute Gasteiger partial charge is 0.247 e. The second-order valence-corrected chi connectivity index (χ2v) is 8.08. The van der Waals surface area contributed by atoms with Gasteiger partial charge in [0.1, 0.15) is 5.01 Å². The van der Waals surface area contributed by atoms with Crippen LogP contribution in [0, 0.1) is 6.92 Å². The predicted octanol–water partition coefficient (Wildman–Crippen LogP) is 4.99. The zero-order valence-electron chi connectivity index (χ0n) is 15.1. The fourth-order valence-electron chi connectivity index (χ4n) is 3.63. The van der Waals surface area contributed by atoms with E-state index >= 15 is 0 Å². The molecule has 0 spiro atoms. The first-order valence-corrected chi connectivity index (χ1v) is 10.1. The summed E-state index contributed by atoms with van der Waals surface area (Å²) in [5.74, 6) is 1.25. The number of hydrogen-bond acceptors (Lipinski definition) is 6. The summed E-state index contributed by atoms with van der Waals surface area (Å²) in [6.07, 6.45) is 2.29. The minimum absolute atomic E-state index is 0.331. The first kappa shape index (κ1) is 16.6. The molecule has 1 aliphatic heterocycles. The molecule has 2 aromatic heterocycles. The summed E-state index contributed by atoms with van der Waals surface area (Å²) >= 11 is 1.79. The summed E-state index contributed by atoms with van der Waals surface area (Å²) < 4.78 is 7.18. The Bertz CT molecular complexity index is 1040. The summed E-state index contributed by atoms with van der Waals surface area (Å²) in [6, 6.07) is 16.8. The molecule has 1 fully saturated rings. The van der Waals surface area contributed by atoms with Crippen molar-refractivity contribution in [3.63, 3.8) is 0 Å². The summed E-state index contributed by atoms with van der Waals surface area (Å²) in [4.78, 5) is 7.26. The molecule has 3 heterocycles. The number of hydrogen-bond donors (Lipinski definition) is 0. The number of fused-ring (bicyclic) bond motifs is 1. The lowest BCUT2D eigenvalue weighted by Gasteiger charge is -2.20. The van der Waals surface area contributed by atoms with Gasteiger partial charge in [0.25, 0.3) is 0 Å². The Labute approximate surface area is 161 Å². The number of thiazole rings is 1. The molecule has 0 saturated carbocycles.